The zero-order valence-corrected chi connectivity index (χ0v) is 14.6. The van der Waals surface area contributed by atoms with Crippen LogP contribution < -0.4 is 5.32 Å². The van der Waals surface area contributed by atoms with Gasteiger partial charge >= 0.3 is 0 Å². The summed E-state index contributed by atoms with van der Waals surface area (Å²) >= 11 is 0. The fraction of sp³-hybridized carbons (Fsp3) is 0.562. The van der Waals surface area contributed by atoms with Gasteiger partial charge in [0, 0.05) is 12.6 Å². The molecule has 22 heavy (non-hydrogen) atoms. The molecule has 0 aliphatic rings. The number of carbonyl (C=O) groups excluding carboxylic acids is 1. The van der Waals surface area contributed by atoms with Crippen LogP contribution in [0.2, 0.25) is 0 Å². The summed E-state index contributed by atoms with van der Waals surface area (Å²) in [4.78, 5) is 12.0. The molecule has 0 aromatic heterocycles. The number of aryl methyl sites for hydroxylation is 1. The van der Waals surface area contributed by atoms with Crippen molar-refractivity contribution in [1.29, 1.82) is 0 Å². The highest BCUT2D eigenvalue weighted by atomic mass is 32.2. The summed E-state index contributed by atoms with van der Waals surface area (Å²) < 4.78 is 25.0. The minimum Gasteiger partial charge on any atom is -0.353 e. The van der Waals surface area contributed by atoms with Crippen molar-refractivity contribution in [1.82, 2.24) is 9.62 Å². The van der Waals surface area contributed by atoms with E-state index >= 15 is 0 Å². The Balaban J connectivity index is 2.73. The molecule has 5 nitrogen and oxygen atoms in total. The monoisotopic (exact) mass is 326 g/mol. The highest BCUT2D eigenvalue weighted by Crippen LogP contribution is 2.10. The average Bonchev–Trinajstić information content (AvgIpc) is 2.39. The van der Waals surface area contributed by atoms with E-state index in [1.165, 1.54) is 4.31 Å². The molecule has 124 valence electrons. The molecule has 1 amide bonds. The average molecular weight is 326 g/mol. The van der Waals surface area contributed by atoms with Gasteiger partial charge in [-0.1, -0.05) is 43.2 Å². The van der Waals surface area contributed by atoms with E-state index in [0.29, 0.717) is 0 Å². The van der Waals surface area contributed by atoms with E-state index in [4.69, 9.17) is 0 Å². The van der Waals surface area contributed by atoms with Gasteiger partial charge in [0.25, 0.3) is 0 Å². The molecule has 1 atom stereocenters. The number of carbonyl (C=O) groups is 1. The van der Waals surface area contributed by atoms with Crippen LogP contribution in [0, 0.1) is 6.92 Å². The predicted molar refractivity (Wildman–Crippen MR) is 88.9 cm³/mol. The van der Waals surface area contributed by atoms with Crippen molar-refractivity contribution in [3.63, 3.8) is 0 Å². The maximum absolute atomic E-state index is 12.0. The zero-order valence-electron chi connectivity index (χ0n) is 13.8. The third-order valence-corrected chi connectivity index (χ3v) is 4.59. The van der Waals surface area contributed by atoms with E-state index in [1.54, 1.807) is 0 Å². The molecule has 1 aromatic carbocycles. The summed E-state index contributed by atoms with van der Waals surface area (Å²) in [7, 11) is -3.44. The number of hydrogen-bond acceptors (Lipinski definition) is 3. The van der Waals surface area contributed by atoms with Crippen LogP contribution in [0.25, 0.3) is 0 Å². The van der Waals surface area contributed by atoms with E-state index in [1.807, 2.05) is 45.0 Å². The Labute approximate surface area is 133 Å². The molecule has 1 aromatic rings. The van der Waals surface area contributed by atoms with Gasteiger partial charge in [-0.2, -0.15) is 4.31 Å². The quantitative estimate of drug-likeness (QED) is 0.795. The number of rotatable bonds is 8. The molecule has 0 aliphatic carbocycles. The number of nitrogens with one attached hydrogen (secondary N) is 1. The first-order valence-corrected chi connectivity index (χ1v) is 9.37. The molecule has 0 unspecified atom stereocenters. The Morgan fingerprint density at radius 3 is 2.36 bits per heavy atom. The van der Waals surface area contributed by atoms with Gasteiger partial charge in [-0.05, 0) is 25.8 Å². The lowest BCUT2D eigenvalue weighted by molar-refractivity contribution is -0.122. The fourth-order valence-corrected chi connectivity index (χ4v) is 2.91. The van der Waals surface area contributed by atoms with Crippen molar-refractivity contribution in [2.75, 3.05) is 12.8 Å². The lowest BCUT2D eigenvalue weighted by Gasteiger charge is -2.21. The zero-order chi connectivity index (χ0) is 16.8. The number of amides is 1. The van der Waals surface area contributed by atoms with Crippen molar-refractivity contribution in [3.05, 3.63) is 35.4 Å². The van der Waals surface area contributed by atoms with Crippen LogP contribution >= 0.6 is 0 Å². The summed E-state index contributed by atoms with van der Waals surface area (Å²) in [5.74, 6) is -0.265. The molecule has 0 radical (unpaired) electrons. The minimum atomic E-state index is -3.44. The highest BCUT2D eigenvalue weighted by molar-refractivity contribution is 7.88. The van der Waals surface area contributed by atoms with Crippen molar-refractivity contribution >= 4 is 15.9 Å². The molecule has 0 bridgehead atoms. The maximum Gasteiger partial charge on any atom is 0.235 e. The van der Waals surface area contributed by atoms with Crippen LogP contribution in [0.3, 0.4) is 0 Å². The Bertz CT molecular complexity index is 582. The molecular weight excluding hydrogens is 300 g/mol. The van der Waals surface area contributed by atoms with Gasteiger partial charge in [-0.3, -0.25) is 4.79 Å². The van der Waals surface area contributed by atoms with Crippen LogP contribution in [0.15, 0.2) is 24.3 Å². The van der Waals surface area contributed by atoms with Gasteiger partial charge in [0.15, 0.2) is 0 Å². The summed E-state index contributed by atoms with van der Waals surface area (Å²) in [5.41, 5.74) is 1.98. The summed E-state index contributed by atoms with van der Waals surface area (Å²) in [6.45, 7) is 5.99. The van der Waals surface area contributed by atoms with Gasteiger partial charge < -0.3 is 5.32 Å². The molecular formula is C16H26N2O3S. The lowest BCUT2D eigenvalue weighted by Crippen LogP contribution is -2.42. The van der Waals surface area contributed by atoms with Crippen molar-refractivity contribution in [2.24, 2.45) is 0 Å². The van der Waals surface area contributed by atoms with Crippen LogP contribution in [-0.4, -0.2) is 37.5 Å². The SMILES string of the molecule is CCC[C@H](C)NC(=O)CN(Cc1ccc(C)cc1)S(C)(=O)=O. The molecule has 0 spiro atoms. The number of sulfonamides is 1. The number of hydrogen-bond donors (Lipinski definition) is 1. The second-order valence-electron chi connectivity index (χ2n) is 5.77. The number of benzene rings is 1. The highest BCUT2D eigenvalue weighted by Gasteiger charge is 2.21. The normalized spacial score (nSPS) is 13.1. The topological polar surface area (TPSA) is 66.5 Å². The fourth-order valence-electron chi connectivity index (χ4n) is 2.17. The van der Waals surface area contributed by atoms with Gasteiger partial charge in [0.1, 0.15) is 0 Å². The van der Waals surface area contributed by atoms with E-state index in [-0.39, 0.29) is 25.0 Å². The Hall–Kier alpha value is -1.40. The van der Waals surface area contributed by atoms with E-state index < -0.39 is 10.0 Å². The molecule has 6 heteroatoms. The molecule has 0 saturated heterocycles. The smallest absolute Gasteiger partial charge is 0.235 e. The summed E-state index contributed by atoms with van der Waals surface area (Å²) in [6.07, 6.45) is 2.98. The molecule has 0 heterocycles. The lowest BCUT2D eigenvalue weighted by atomic mass is 10.1. The van der Waals surface area contributed by atoms with Crippen LogP contribution in [0.1, 0.15) is 37.8 Å². The van der Waals surface area contributed by atoms with E-state index in [2.05, 4.69) is 5.32 Å². The van der Waals surface area contributed by atoms with Crippen molar-refractivity contribution in [3.8, 4) is 0 Å². The Morgan fingerprint density at radius 2 is 1.86 bits per heavy atom. The maximum atomic E-state index is 12.0. The first-order chi connectivity index (χ1) is 10.2. The molecule has 1 N–H and O–H groups in total. The molecule has 1 rings (SSSR count). The van der Waals surface area contributed by atoms with Crippen LogP contribution in [0.5, 0.6) is 0 Å². The first kappa shape index (κ1) is 18.6. The summed E-state index contributed by atoms with van der Waals surface area (Å²) in [6, 6.07) is 7.67. The van der Waals surface area contributed by atoms with E-state index in [9.17, 15) is 13.2 Å². The second-order valence-corrected chi connectivity index (χ2v) is 7.76. The van der Waals surface area contributed by atoms with Gasteiger partial charge in [-0.15, -0.1) is 0 Å². The van der Waals surface area contributed by atoms with Gasteiger partial charge in [0.2, 0.25) is 15.9 Å². The third kappa shape index (κ3) is 6.58. The standard InChI is InChI=1S/C16H26N2O3S/c1-5-6-14(3)17-16(19)12-18(22(4,20)21)11-15-9-7-13(2)8-10-15/h7-10,14H,5-6,11-12H2,1-4H3,(H,17,19)/t14-/m0/s1. The first-order valence-electron chi connectivity index (χ1n) is 7.52. The van der Waals surface area contributed by atoms with Crippen LogP contribution in [0.4, 0.5) is 0 Å². The van der Waals surface area contributed by atoms with Crippen LogP contribution in [-0.2, 0) is 21.4 Å². The Kier molecular flexibility index (Phi) is 7.03. The van der Waals surface area contributed by atoms with Gasteiger partial charge in [0.05, 0.1) is 12.8 Å². The molecule has 0 aliphatic heterocycles. The predicted octanol–water partition coefficient (Wildman–Crippen LogP) is 2.06. The van der Waals surface area contributed by atoms with Crippen molar-refractivity contribution in [2.45, 2.75) is 46.2 Å². The van der Waals surface area contributed by atoms with Crippen molar-refractivity contribution < 1.29 is 13.2 Å². The third-order valence-electron chi connectivity index (χ3n) is 3.40. The largest absolute Gasteiger partial charge is 0.353 e. The number of nitrogens with zero attached hydrogens (tertiary/aromatic N) is 1. The molecule has 0 fully saturated rings. The Morgan fingerprint density at radius 1 is 1.27 bits per heavy atom. The summed E-state index contributed by atoms with van der Waals surface area (Å²) in [5, 5.41) is 2.83. The molecule has 0 saturated carbocycles. The van der Waals surface area contributed by atoms with E-state index in [0.717, 1.165) is 30.2 Å². The minimum absolute atomic E-state index is 0.0540. The second kappa shape index (κ2) is 8.29. The van der Waals surface area contributed by atoms with Gasteiger partial charge in [-0.25, -0.2) is 8.42 Å².